The molecule has 1 aliphatic rings. The second-order valence-corrected chi connectivity index (χ2v) is 11.1. The van der Waals surface area contributed by atoms with Crippen molar-refractivity contribution in [2.75, 3.05) is 11.1 Å². The molecule has 4 rings (SSSR count). The van der Waals surface area contributed by atoms with E-state index in [1.54, 1.807) is 17.4 Å². The van der Waals surface area contributed by atoms with Gasteiger partial charge in [0.25, 0.3) is 5.91 Å². The zero-order chi connectivity index (χ0) is 22.8. The molecule has 0 radical (unpaired) electrons. The van der Waals surface area contributed by atoms with E-state index in [0.29, 0.717) is 28.2 Å². The summed E-state index contributed by atoms with van der Waals surface area (Å²) in [4.78, 5) is 27.2. The molecular formula is C22H25N5O2S3. The van der Waals surface area contributed by atoms with E-state index in [0.717, 1.165) is 41.1 Å². The van der Waals surface area contributed by atoms with Crippen LogP contribution in [0.5, 0.6) is 0 Å². The fraction of sp³-hybridized carbons (Fsp3) is 0.364. The maximum absolute atomic E-state index is 12.7. The van der Waals surface area contributed by atoms with Crippen molar-refractivity contribution < 1.29 is 9.59 Å². The molecular weight excluding hydrogens is 462 g/mol. The number of nitrogens with one attached hydrogen (secondary N) is 1. The Morgan fingerprint density at radius 1 is 1.44 bits per heavy atom. The molecule has 0 spiro atoms. The molecule has 1 aliphatic carbocycles. The van der Waals surface area contributed by atoms with Crippen LogP contribution >= 0.6 is 34.4 Å². The smallest absolute Gasteiger partial charge is 0.251 e. The lowest BCUT2D eigenvalue weighted by molar-refractivity contribution is -0.113. The molecule has 0 saturated carbocycles. The Labute approximate surface area is 199 Å². The molecule has 0 fully saturated rings. The predicted octanol–water partition coefficient (Wildman–Crippen LogP) is 4.52. The van der Waals surface area contributed by atoms with E-state index in [-0.39, 0.29) is 11.7 Å². The van der Waals surface area contributed by atoms with E-state index in [1.807, 2.05) is 16.9 Å². The average Bonchev–Trinajstić information content (AvgIpc) is 3.43. The molecule has 7 nitrogen and oxygen atoms in total. The standard InChI is InChI=1S/C22H25N5O2S3/c1-4-7-27-20(14-9-13(3)30-10-14)25-26-22(27)31-11-17(28)24-21-18(19(23)29)15-6-5-12(2)8-16(15)32-21/h4,9-10,12H,1,5-8,11H2,2-3H3,(H2,23,29)(H,24,28). The number of thioether (sulfide) groups is 1. The van der Waals surface area contributed by atoms with Crippen molar-refractivity contribution in [1.82, 2.24) is 14.8 Å². The summed E-state index contributed by atoms with van der Waals surface area (Å²) in [6.07, 6.45) is 4.55. The number of hydrogen-bond acceptors (Lipinski definition) is 7. The number of aryl methyl sites for hydroxylation is 1. The summed E-state index contributed by atoms with van der Waals surface area (Å²) in [5.74, 6) is 0.785. The third-order valence-corrected chi connectivity index (χ3v) is 8.36. The summed E-state index contributed by atoms with van der Waals surface area (Å²) in [7, 11) is 0. The number of thiophene rings is 2. The van der Waals surface area contributed by atoms with E-state index < -0.39 is 5.91 Å². The Morgan fingerprint density at radius 3 is 2.94 bits per heavy atom. The number of fused-ring (bicyclic) bond motifs is 1. The molecule has 3 aromatic rings. The highest BCUT2D eigenvalue weighted by Gasteiger charge is 2.27. The van der Waals surface area contributed by atoms with Crippen LogP contribution in [0.25, 0.3) is 11.4 Å². The molecule has 168 valence electrons. The van der Waals surface area contributed by atoms with Gasteiger partial charge in [-0.3, -0.25) is 14.2 Å². The Kier molecular flexibility index (Phi) is 6.82. The molecule has 1 unspecified atom stereocenters. The van der Waals surface area contributed by atoms with Crippen LogP contribution < -0.4 is 11.1 Å². The fourth-order valence-corrected chi connectivity index (χ4v) is 6.72. The van der Waals surface area contributed by atoms with Crippen LogP contribution in [-0.4, -0.2) is 32.3 Å². The van der Waals surface area contributed by atoms with Crippen molar-refractivity contribution in [3.8, 4) is 11.4 Å². The molecule has 0 bridgehead atoms. The first-order valence-electron chi connectivity index (χ1n) is 10.3. The number of nitrogens with two attached hydrogens (primary N) is 1. The quantitative estimate of drug-likeness (QED) is 0.359. The zero-order valence-electron chi connectivity index (χ0n) is 18.0. The molecule has 0 aliphatic heterocycles. The van der Waals surface area contributed by atoms with Gasteiger partial charge in [0.2, 0.25) is 5.91 Å². The number of anilines is 1. The lowest BCUT2D eigenvalue weighted by atomic mass is 9.88. The maximum Gasteiger partial charge on any atom is 0.251 e. The normalized spacial score (nSPS) is 15.4. The first-order chi connectivity index (χ1) is 15.4. The van der Waals surface area contributed by atoms with E-state index in [2.05, 4.69) is 35.1 Å². The van der Waals surface area contributed by atoms with Crippen molar-refractivity contribution in [3.63, 3.8) is 0 Å². The van der Waals surface area contributed by atoms with Gasteiger partial charge < -0.3 is 11.1 Å². The van der Waals surface area contributed by atoms with Gasteiger partial charge in [-0.1, -0.05) is 24.8 Å². The summed E-state index contributed by atoms with van der Waals surface area (Å²) >= 11 is 4.43. The number of hydrogen-bond donors (Lipinski definition) is 2. The summed E-state index contributed by atoms with van der Waals surface area (Å²) in [5.41, 5.74) is 8.13. The van der Waals surface area contributed by atoms with Gasteiger partial charge in [-0.2, -0.15) is 0 Å². The monoisotopic (exact) mass is 487 g/mol. The first kappa shape index (κ1) is 22.8. The van der Waals surface area contributed by atoms with Crippen LogP contribution in [0.3, 0.4) is 0 Å². The van der Waals surface area contributed by atoms with Crippen LogP contribution in [0.1, 0.15) is 39.0 Å². The number of nitrogens with zero attached hydrogens (tertiary/aromatic N) is 3. The number of allylic oxidation sites excluding steroid dienone is 1. The van der Waals surface area contributed by atoms with Crippen molar-refractivity contribution in [1.29, 1.82) is 0 Å². The Hall–Kier alpha value is -2.43. The van der Waals surface area contributed by atoms with Gasteiger partial charge in [-0.15, -0.1) is 39.4 Å². The highest BCUT2D eigenvalue weighted by molar-refractivity contribution is 7.99. The van der Waals surface area contributed by atoms with E-state index >= 15 is 0 Å². The van der Waals surface area contributed by atoms with Gasteiger partial charge in [0.05, 0.1) is 11.3 Å². The Bertz CT molecular complexity index is 1180. The van der Waals surface area contributed by atoms with Gasteiger partial charge in [0.1, 0.15) is 5.00 Å². The number of carbonyl (C=O) groups excluding carboxylic acids is 2. The number of amides is 2. The van der Waals surface area contributed by atoms with Crippen LogP contribution in [0.2, 0.25) is 0 Å². The summed E-state index contributed by atoms with van der Waals surface area (Å²) < 4.78 is 1.95. The molecule has 1 atom stereocenters. The molecule has 10 heteroatoms. The van der Waals surface area contributed by atoms with Crippen LogP contribution in [0, 0.1) is 12.8 Å². The summed E-state index contributed by atoms with van der Waals surface area (Å²) in [6.45, 7) is 8.62. The van der Waals surface area contributed by atoms with Crippen LogP contribution in [-0.2, 0) is 24.2 Å². The molecule has 3 aromatic heterocycles. The van der Waals surface area contributed by atoms with Gasteiger partial charge >= 0.3 is 0 Å². The van der Waals surface area contributed by atoms with Crippen molar-refractivity contribution in [2.45, 2.75) is 44.8 Å². The third-order valence-electron chi connectivity index (χ3n) is 5.36. The fourth-order valence-electron chi connectivity index (χ4n) is 3.86. The van der Waals surface area contributed by atoms with Crippen LogP contribution in [0.15, 0.2) is 29.3 Å². The predicted molar refractivity (Wildman–Crippen MR) is 132 cm³/mol. The number of carbonyl (C=O) groups is 2. The molecule has 0 saturated heterocycles. The molecule has 3 heterocycles. The topological polar surface area (TPSA) is 103 Å². The van der Waals surface area contributed by atoms with Crippen molar-refractivity contribution >= 4 is 51.3 Å². The zero-order valence-corrected chi connectivity index (χ0v) is 20.5. The minimum Gasteiger partial charge on any atom is -0.365 e. The highest BCUT2D eigenvalue weighted by Crippen LogP contribution is 2.39. The maximum atomic E-state index is 12.7. The van der Waals surface area contributed by atoms with Crippen molar-refractivity contribution in [3.05, 3.63) is 45.0 Å². The SMILES string of the molecule is C=CCn1c(SCC(=O)Nc2sc3c(c2C(N)=O)CCC(C)C3)nnc1-c1csc(C)c1. The molecule has 32 heavy (non-hydrogen) atoms. The first-order valence-corrected chi connectivity index (χ1v) is 13.0. The summed E-state index contributed by atoms with van der Waals surface area (Å²) in [5, 5.41) is 14.8. The van der Waals surface area contributed by atoms with Crippen molar-refractivity contribution in [2.24, 2.45) is 11.7 Å². The number of primary amides is 1. The Morgan fingerprint density at radius 2 is 2.25 bits per heavy atom. The molecule has 3 N–H and O–H groups in total. The molecule has 2 amide bonds. The lowest BCUT2D eigenvalue weighted by Gasteiger charge is -2.18. The van der Waals surface area contributed by atoms with E-state index in [9.17, 15) is 9.59 Å². The Balaban J connectivity index is 1.49. The second-order valence-electron chi connectivity index (χ2n) is 7.91. The van der Waals surface area contributed by atoms with E-state index in [4.69, 9.17) is 5.73 Å². The average molecular weight is 488 g/mol. The van der Waals surface area contributed by atoms with E-state index in [1.165, 1.54) is 28.0 Å². The number of rotatable bonds is 8. The number of aromatic nitrogens is 3. The second kappa shape index (κ2) is 9.60. The lowest BCUT2D eigenvalue weighted by Crippen LogP contribution is -2.20. The minimum atomic E-state index is -0.485. The van der Waals surface area contributed by atoms with Gasteiger partial charge in [-0.25, -0.2) is 0 Å². The van der Waals surface area contributed by atoms with Gasteiger partial charge in [-0.05, 0) is 43.7 Å². The van der Waals surface area contributed by atoms with Gasteiger partial charge in [0.15, 0.2) is 11.0 Å². The van der Waals surface area contributed by atoms with Gasteiger partial charge in [0, 0.05) is 27.2 Å². The summed E-state index contributed by atoms with van der Waals surface area (Å²) in [6, 6.07) is 2.07. The highest BCUT2D eigenvalue weighted by atomic mass is 32.2. The molecule has 0 aromatic carbocycles. The largest absolute Gasteiger partial charge is 0.365 e. The minimum absolute atomic E-state index is 0.148. The third kappa shape index (κ3) is 4.67. The van der Waals surface area contributed by atoms with Crippen LogP contribution in [0.4, 0.5) is 5.00 Å².